The summed E-state index contributed by atoms with van der Waals surface area (Å²) < 4.78 is 7.06. The molecule has 2 aromatic heterocycles. The van der Waals surface area contributed by atoms with Crippen molar-refractivity contribution in [3.05, 3.63) is 41.7 Å². The van der Waals surface area contributed by atoms with Crippen LogP contribution in [0.25, 0.3) is 0 Å². The van der Waals surface area contributed by atoms with Gasteiger partial charge in [0.15, 0.2) is 0 Å². The number of hydrogen-bond donors (Lipinski definition) is 0. The Morgan fingerprint density at radius 3 is 2.91 bits per heavy atom. The van der Waals surface area contributed by atoms with E-state index in [2.05, 4.69) is 15.1 Å². The summed E-state index contributed by atoms with van der Waals surface area (Å²) in [6.45, 7) is 7.49. The lowest BCUT2D eigenvalue weighted by atomic mass is 10.2. The minimum absolute atomic E-state index is 0.0896. The molecule has 1 atom stereocenters. The molecule has 0 bridgehead atoms. The van der Waals surface area contributed by atoms with E-state index in [-0.39, 0.29) is 11.9 Å². The van der Waals surface area contributed by atoms with Crippen molar-refractivity contribution in [2.45, 2.75) is 33.4 Å². The molecule has 1 amide bonds. The molecule has 0 saturated heterocycles. The Labute approximate surface area is 136 Å². The molecule has 2 aromatic rings. The van der Waals surface area contributed by atoms with E-state index in [1.54, 1.807) is 28.9 Å². The molecule has 0 fully saturated rings. The van der Waals surface area contributed by atoms with Crippen LogP contribution < -0.4 is 0 Å². The highest BCUT2D eigenvalue weighted by molar-refractivity contribution is 5.92. The standard InChI is InChI=1S/C16H23N5O2/c1-5-23-9-8-21-15(10-12(2)19-21)16(22)20(4)13(3)14-6-7-17-11-18-14/h6-7,10-11,13H,5,8-9H2,1-4H3/t13-/m1/s1. The Morgan fingerprint density at radius 2 is 2.26 bits per heavy atom. The highest BCUT2D eigenvalue weighted by atomic mass is 16.5. The molecule has 0 aliphatic heterocycles. The molecule has 0 N–H and O–H groups in total. The van der Waals surface area contributed by atoms with Crippen LogP contribution in [-0.2, 0) is 11.3 Å². The van der Waals surface area contributed by atoms with Crippen molar-refractivity contribution >= 4 is 5.91 Å². The fraction of sp³-hybridized carbons (Fsp3) is 0.500. The third-order valence-electron chi connectivity index (χ3n) is 3.71. The van der Waals surface area contributed by atoms with Crippen molar-refractivity contribution in [3.8, 4) is 0 Å². The molecule has 0 aliphatic carbocycles. The molecule has 2 rings (SSSR count). The van der Waals surface area contributed by atoms with Crippen molar-refractivity contribution < 1.29 is 9.53 Å². The maximum atomic E-state index is 12.8. The van der Waals surface area contributed by atoms with Crippen LogP contribution in [-0.4, -0.2) is 50.8 Å². The maximum absolute atomic E-state index is 12.8. The van der Waals surface area contributed by atoms with Gasteiger partial charge in [-0.1, -0.05) is 0 Å². The maximum Gasteiger partial charge on any atom is 0.272 e. The number of hydrogen-bond acceptors (Lipinski definition) is 5. The van der Waals surface area contributed by atoms with Gasteiger partial charge in [0.25, 0.3) is 5.91 Å². The Kier molecular flexibility index (Phi) is 5.81. The lowest BCUT2D eigenvalue weighted by Crippen LogP contribution is -2.32. The molecule has 0 saturated carbocycles. The third kappa shape index (κ3) is 4.13. The minimum atomic E-state index is -0.152. The first-order chi connectivity index (χ1) is 11.0. The molecule has 0 aromatic carbocycles. The Balaban J connectivity index is 2.16. The molecule has 124 valence electrons. The predicted octanol–water partition coefficient (Wildman–Crippen LogP) is 1.85. The minimum Gasteiger partial charge on any atom is -0.380 e. The summed E-state index contributed by atoms with van der Waals surface area (Å²) in [7, 11) is 1.77. The number of ether oxygens (including phenoxy) is 1. The van der Waals surface area contributed by atoms with E-state index in [0.29, 0.717) is 25.5 Å². The summed E-state index contributed by atoms with van der Waals surface area (Å²) >= 11 is 0. The number of carbonyl (C=O) groups is 1. The first-order valence-electron chi connectivity index (χ1n) is 7.69. The number of amides is 1. The molecule has 23 heavy (non-hydrogen) atoms. The normalized spacial score (nSPS) is 12.2. The van der Waals surface area contributed by atoms with Crippen LogP contribution in [0.5, 0.6) is 0 Å². The molecule has 0 aliphatic rings. The second-order valence-electron chi connectivity index (χ2n) is 5.32. The molecular formula is C16H23N5O2. The first kappa shape index (κ1) is 17.1. The average Bonchev–Trinajstić information content (AvgIpc) is 2.94. The van der Waals surface area contributed by atoms with E-state index in [4.69, 9.17) is 4.74 Å². The van der Waals surface area contributed by atoms with E-state index >= 15 is 0 Å². The molecule has 0 spiro atoms. The second-order valence-corrected chi connectivity index (χ2v) is 5.32. The van der Waals surface area contributed by atoms with Crippen LogP contribution in [0.3, 0.4) is 0 Å². The van der Waals surface area contributed by atoms with Gasteiger partial charge in [-0.05, 0) is 32.9 Å². The topological polar surface area (TPSA) is 73.1 Å². The number of rotatable bonds is 7. The molecule has 0 radical (unpaired) electrons. The van der Waals surface area contributed by atoms with E-state index in [1.807, 2.05) is 26.8 Å². The van der Waals surface area contributed by atoms with Crippen molar-refractivity contribution in [2.75, 3.05) is 20.3 Å². The SMILES string of the molecule is CCOCCn1nc(C)cc1C(=O)N(C)[C@H](C)c1ccncn1. The first-order valence-corrected chi connectivity index (χ1v) is 7.69. The summed E-state index contributed by atoms with van der Waals surface area (Å²) in [5.74, 6) is -0.0896. The van der Waals surface area contributed by atoms with E-state index in [1.165, 1.54) is 6.33 Å². The molecule has 0 unspecified atom stereocenters. The molecule has 7 heteroatoms. The van der Waals surface area contributed by atoms with E-state index in [0.717, 1.165) is 11.4 Å². The fourth-order valence-corrected chi connectivity index (χ4v) is 2.29. The van der Waals surface area contributed by atoms with Gasteiger partial charge in [-0.25, -0.2) is 9.97 Å². The number of nitrogens with zero attached hydrogens (tertiary/aromatic N) is 5. The van der Waals surface area contributed by atoms with Crippen molar-refractivity contribution in [1.82, 2.24) is 24.6 Å². The Bertz CT molecular complexity index is 641. The monoisotopic (exact) mass is 317 g/mol. The lowest BCUT2D eigenvalue weighted by Gasteiger charge is -2.24. The second kappa shape index (κ2) is 7.82. The van der Waals surface area contributed by atoms with Gasteiger partial charge in [-0.2, -0.15) is 5.10 Å². The van der Waals surface area contributed by atoms with Gasteiger partial charge in [0, 0.05) is 19.9 Å². The Morgan fingerprint density at radius 1 is 1.48 bits per heavy atom. The van der Waals surface area contributed by atoms with Crippen LogP contribution in [0.1, 0.15) is 41.8 Å². The number of aryl methyl sites for hydroxylation is 1. The quantitative estimate of drug-likeness (QED) is 0.729. The predicted molar refractivity (Wildman–Crippen MR) is 86.0 cm³/mol. The zero-order chi connectivity index (χ0) is 16.8. The van der Waals surface area contributed by atoms with Gasteiger partial charge in [0.05, 0.1) is 30.6 Å². The van der Waals surface area contributed by atoms with Gasteiger partial charge < -0.3 is 9.64 Å². The van der Waals surface area contributed by atoms with Gasteiger partial charge in [0.2, 0.25) is 0 Å². The van der Waals surface area contributed by atoms with Crippen LogP contribution >= 0.6 is 0 Å². The van der Waals surface area contributed by atoms with Gasteiger partial charge in [-0.3, -0.25) is 9.48 Å². The summed E-state index contributed by atoms with van der Waals surface area (Å²) in [6.07, 6.45) is 3.16. The zero-order valence-electron chi connectivity index (χ0n) is 14.1. The lowest BCUT2D eigenvalue weighted by molar-refractivity contribution is 0.0721. The summed E-state index contributed by atoms with van der Waals surface area (Å²) in [5.41, 5.74) is 2.17. The largest absolute Gasteiger partial charge is 0.380 e. The van der Waals surface area contributed by atoms with Crippen LogP contribution in [0.4, 0.5) is 0 Å². The third-order valence-corrected chi connectivity index (χ3v) is 3.71. The van der Waals surface area contributed by atoms with Crippen LogP contribution in [0, 0.1) is 6.92 Å². The molecular weight excluding hydrogens is 294 g/mol. The summed E-state index contributed by atoms with van der Waals surface area (Å²) in [5, 5.41) is 4.38. The smallest absolute Gasteiger partial charge is 0.272 e. The molecule has 2 heterocycles. The molecule has 7 nitrogen and oxygen atoms in total. The zero-order valence-corrected chi connectivity index (χ0v) is 14.1. The van der Waals surface area contributed by atoms with E-state index < -0.39 is 0 Å². The van der Waals surface area contributed by atoms with E-state index in [9.17, 15) is 4.79 Å². The highest BCUT2D eigenvalue weighted by Gasteiger charge is 2.23. The van der Waals surface area contributed by atoms with Crippen LogP contribution in [0.15, 0.2) is 24.7 Å². The summed E-state index contributed by atoms with van der Waals surface area (Å²) in [4.78, 5) is 22.6. The Hall–Kier alpha value is -2.28. The van der Waals surface area contributed by atoms with Gasteiger partial charge >= 0.3 is 0 Å². The highest BCUT2D eigenvalue weighted by Crippen LogP contribution is 2.18. The summed E-state index contributed by atoms with van der Waals surface area (Å²) in [6, 6.07) is 3.46. The fourth-order valence-electron chi connectivity index (χ4n) is 2.29. The van der Waals surface area contributed by atoms with Crippen molar-refractivity contribution in [2.24, 2.45) is 0 Å². The average molecular weight is 317 g/mol. The van der Waals surface area contributed by atoms with Crippen molar-refractivity contribution in [3.63, 3.8) is 0 Å². The number of carbonyl (C=O) groups excluding carboxylic acids is 1. The van der Waals surface area contributed by atoms with Gasteiger partial charge in [0.1, 0.15) is 12.0 Å². The van der Waals surface area contributed by atoms with Crippen LogP contribution in [0.2, 0.25) is 0 Å². The van der Waals surface area contributed by atoms with Gasteiger partial charge in [-0.15, -0.1) is 0 Å². The number of aromatic nitrogens is 4. The van der Waals surface area contributed by atoms with Crippen molar-refractivity contribution in [1.29, 1.82) is 0 Å².